The van der Waals surface area contributed by atoms with Crippen molar-refractivity contribution in [3.8, 4) is 0 Å². The van der Waals surface area contributed by atoms with E-state index in [0.29, 0.717) is 18.5 Å². The second-order valence-electron chi connectivity index (χ2n) is 11.7. The van der Waals surface area contributed by atoms with Crippen LogP contribution in [0.5, 0.6) is 0 Å². The van der Waals surface area contributed by atoms with Crippen molar-refractivity contribution >= 4 is 16.7 Å². The van der Waals surface area contributed by atoms with E-state index in [1.54, 1.807) is 0 Å². The van der Waals surface area contributed by atoms with Crippen LogP contribution in [0.1, 0.15) is 47.9 Å². The number of aryl methyl sites for hydroxylation is 3. The summed E-state index contributed by atoms with van der Waals surface area (Å²) in [7, 11) is 0. The van der Waals surface area contributed by atoms with Crippen LogP contribution in [0.4, 0.5) is 0 Å². The Hall–Kier alpha value is -2.73. The lowest BCUT2D eigenvalue weighted by Gasteiger charge is -2.42. The summed E-state index contributed by atoms with van der Waals surface area (Å²) in [5, 5.41) is 9.61. The molecule has 0 bridgehead atoms. The van der Waals surface area contributed by atoms with Crippen LogP contribution in [0, 0.1) is 13.8 Å². The fourth-order valence-electron chi connectivity index (χ4n) is 6.39. The lowest BCUT2D eigenvalue weighted by atomic mass is 10.00. The smallest absolute Gasteiger partial charge is 0.227 e. The predicted molar refractivity (Wildman–Crippen MR) is 162 cm³/mol. The zero-order valence-corrected chi connectivity index (χ0v) is 23.9. The molecule has 1 unspecified atom stereocenters. The first-order valence-corrected chi connectivity index (χ1v) is 15.0. The van der Waals surface area contributed by atoms with Crippen LogP contribution in [0.2, 0.25) is 0 Å². The van der Waals surface area contributed by atoms with Crippen LogP contribution in [-0.4, -0.2) is 73.6 Å². The zero-order valence-electron chi connectivity index (χ0n) is 23.9. The molecule has 3 aromatic rings. The molecule has 2 saturated heterocycles. The molecule has 2 N–H and O–H groups in total. The quantitative estimate of drug-likeness (QED) is 0.350. The summed E-state index contributed by atoms with van der Waals surface area (Å²) in [5.74, 6) is 0.264. The summed E-state index contributed by atoms with van der Waals surface area (Å²) in [4.78, 5) is 18.2. The molecule has 0 saturated carbocycles. The highest BCUT2D eigenvalue weighted by Gasteiger charge is 2.29. The van der Waals surface area contributed by atoms with Crippen molar-refractivity contribution in [2.24, 2.45) is 0 Å². The summed E-state index contributed by atoms with van der Waals surface area (Å²) in [5.41, 5.74) is 5.32. The van der Waals surface area contributed by atoms with Crippen molar-refractivity contribution in [1.29, 1.82) is 0 Å². The van der Waals surface area contributed by atoms with Gasteiger partial charge in [0.2, 0.25) is 5.91 Å². The summed E-state index contributed by atoms with van der Waals surface area (Å²) in [6.07, 6.45) is 6.29. The van der Waals surface area contributed by atoms with E-state index in [0.717, 1.165) is 77.1 Å². The van der Waals surface area contributed by atoms with Crippen LogP contribution in [0.3, 0.4) is 0 Å². The number of piperazine rings is 1. The van der Waals surface area contributed by atoms with Crippen molar-refractivity contribution in [1.82, 2.24) is 20.4 Å². The predicted octanol–water partition coefficient (Wildman–Crippen LogP) is 4.88. The first-order chi connectivity index (χ1) is 19.0. The second kappa shape index (κ2) is 13.6. The molecule has 3 aromatic carbocycles. The van der Waals surface area contributed by atoms with Gasteiger partial charge in [0, 0.05) is 38.3 Å². The third-order valence-electron chi connectivity index (χ3n) is 8.72. The van der Waals surface area contributed by atoms with Crippen molar-refractivity contribution in [3.63, 3.8) is 0 Å². The molecule has 2 aliphatic heterocycles. The molecule has 2 atom stereocenters. The molecule has 5 heteroatoms. The summed E-state index contributed by atoms with van der Waals surface area (Å²) < 4.78 is 0. The average Bonchev–Trinajstić information content (AvgIpc) is 3.46. The minimum absolute atomic E-state index is 0.264. The van der Waals surface area contributed by atoms with Crippen molar-refractivity contribution in [2.75, 3.05) is 45.8 Å². The Kier molecular flexibility index (Phi) is 9.67. The van der Waals surface area contributed by atoms with Gasteiger partial charge in [-0.25, -0.2) is 0 Å². The van der Waals surface area contributed by atoms with Crippen LogP contribution in [0.25, 0.3) is 10.8 Å². The minimum Gasteiger partial charge on any atom is -0.340 e. The van der Waals surface area contributed by atoms with Gasteiger partial charge in [0.05, 0.1) is 6.42 Å². The number of hydrogen-bond donors (Lipinski definition) is 2. The number of carbonyl (C=O) groups excluding carboxylic acids is 1. The topological polar surface area (TPSA) is 47.6 Å². The molecule has 0 radical (unpaired) electrons. The van der Waals surface area contributed by atoms with Gasteiger partial charge in [0.25, 0.3) is 0 Å². The number of amides is 1. The van der Waals surface area contributed by atoms with Crippen molar-refractivity contribution in [3.05, 3.63) is 82.9 Å². The number of nitrogens with one attached hydrogen (secondary N) is 2. The van der Waals surface area contributed by atoms with Crippen LogP contribution < -0.4 is 10.6 Å². The van der Waals surface area contributed by atoms with Gasteiger partial charge in [-0.05, 0) is 93.0 Å². The Labute approximate surface area is 235 Å². The van der Waals surface area contributed by atoms with Gasteiger partial charge in [-0.2, -0.15) is 0 Å². The monoisotopic (exact) mass is 526 g/mol. The maximum atomic E-state index is 13.4. The molecular weight excluding hydrogens is 480 g/mol. The average molecular weight is 527 g/mol. The number of benzene rings is 3. The highest BCUT2D eigenvalue weighted by molar-refractivity contribution is 5.85. The number of rotatable bonds is 11. The van der Waals surface area contributed by atoms with Crippen LogP contribution in [-0.2, 0) is 17.6 Å². The van der Waals surface area contributed by atoms with E-state index < -0.39 is 0 Å². The first-order valence-electron chi connectivity index (χ1n) is 15.0. The van der Waals surface area contributed by atoms with E-state index in [9.17, 15) is 4.79 Å². The molecule has 5 nitrogen and oxygen atoms in total. The summed E-state index contributed by atoms with van der Waals surface area (Å²) >= 11 is 0. The lowest BCUT2D eigenvalue weighted by Crippen LogP contribution is -2.55. The van der Waals surface area contributed by atoms with Crippen LogP contribution >= 0.6 is 0 Å². The molecular formula is C34H46N4O. The van der Waals surface area contributed by atoms with Gasteiger partial charge in [-0.1, -0.05) is 66.2 Å². The lowest BCUT2D eigenvalue weighted by molar-refractivity contribution is -0.133. The van der Waals surface area contributed by atoms with Crippen LogP contribution in [0.15, 0.2) is 60.7 Å². The van der Waals surface area contributed by atoms with E-state index in [4.69, 9.17) is 0 Å². The largest absolute Gasteiger partial charge is 0.340 e. The fraction of sp³-hybridized carbons (Fsp3) is 0.500. The molecule has 2 aliphatic rings. The zero-order chi connectivity index (χ0) is 27.0. The van der Waals surface area contributed by atoms with Crippen molar-refractivity contribution < 1.29 is 4.79 Å². The molecule has 39 heavy (non-hydrogen) atoms. The van der Waals surface area contributed by atoms with E-state index in [2.05, 4.69) is 94.9 Å². The minimum atomic E-state index is 0.264. The highest BCUT2D eigenvalue weighted by atomic mass is 16.2. The van der Waals surface area contributed by atoms with E-state index >= 15 is 0 Å². The van der Waals surface area contributed by atoms with Gasteiger partial charge >= 0.3 is 0 Å². The molecule has 1 amide bonds. The summed E-state index contributed by atoms with van der Waals surface area (Å²) in [6, 6.07) is 22.7. The third kappa shape index (κ3) is 7.69. The van der Waals surface area contributed by atoms with Gasteiger partial charge in [-0.15, -0.1) is 0 Å². The molecule has 2 fully saturated rings. The van der Waals surface area contributed by atoms with E-state index in [1.165, 1.54) is 33.9 Å². The first kappa shape index (κ1) is 27.8. The molecule has 0 aliphatic carbocycles. The van der Waals surface area contributed by atoms with E-state index in [-0.39, 0.29) is 5.91 Å². The number of hydrogen-bond acceptors (Lipinski definition) is 4. The maximum absolute atomic E-state index is 13.4. The Balaban J connectivity index is 1.17. The Morgan fingerprint density at radius 1 is 1.00 bits per heavy atom. The Bertz CT molecular complexity index is 1230. The van der Waals surface area contributed by atoms with Gasteiger partial charge in [-0.3, -0.25) is 9.69 Å². The fourth-order valence-corrected chi connectivity index (χ4v) is 6.39. The standard InChI is InChI=1S/C34H46N4O/c1-26-11-13-29(27(2)21-26)9-6-18-37-19-20-38(25-33(37)10-5-16-36-32-15-17-35-24-32)34(39)23-28-12-14-30-7-3-4-8-31(30)22-28/h3-4,7-8,11-14,21-22,32-33,35-36H,5-6,9-10,15-20,23-25H2,1-2H3/t32?,33-/m0/s1. The highest BCUT2D eigenvalue weighted by Crippen LogP contribution is 2.20. The third-order valence-corrected chi connectivity index (χ3v) is 8.72. The molecule has 208 valence electrons. The summed E-state index contributed by atoms with van der Waals surface area (Å²) in [6.45, 7) is 11.4. The van der Waals surface area contributed by atoms with Crippen molar-refractivity contribution in [2.45, 2.75) is 64.5 Å². The SMILES string of the molecule is Cc1ccc(CCCN2CCN(C(=O)Cc3ccc4ccccc4c3)C[C@@H]2CCCNC2CCNC2)c(C)c1. The maximum Gasteiger partial charge on any atom is 0.227 e. The molecule has 2 heterocycles. The normalized spacial score (nSPS) is 20.1. The van der Waals surface area contributed by atoms with Gasteiger partial charge < -0.3 is 15.5 Å². The molecule has 5 rings (SSSR count). The van der Waals surface area contributed by atoms with Gasteiger partial charge in [0.1, 0.15) is 0 Å². The van der Waals surface area contributed by atoms with Gasteiger partial charge in [0.15, 0.2) is 0 Å². The Morgan fingerprint density at radius 3 is 2.69 bits per heavy atom. The second-order valence-corrected chi connectivity index (χ2v) is 11.7. The molecule has 0 spiro atoms. The van der Waals surface area contributed by atoms with E-state index in [1.807, 2.05) is 0 Å². The molecule has 0 aromatic heterocycles. The number of nitrogens with zero attached hydrogens (tertiary/aromatic N) is 2. The number of carbonyl (C=O) groups is 1. The number of fused-ring (bicyclic) bond motifs is 1. The Morgan fingerprint density at radius 2 is 1.87 bits per heavy atom.